The molecule has 44 heavy (non-hydrogen) atoms. The van der Waals surface area contributed by atoms with E-state index < -0.39 is 98.4 Å². The second kappa shape index (κ2) is 17.7. The van der Waals surface area contributed by atoms with Gasteiger partial charge in [0.1, 0.15) is 61.0 Å². The highest BCUT2D eigenvalue weighted by molar-refractivity contribution is 5.75. The van der Waals surface area contributed by atoms with Crippen molar-refractivity contribution in [2.24, 2.45) is 17.2 Å². The van der Waals surface area contributed by atoms with Crippen LogP contribution in [0.3, 0.4) is 0 Å². The molecule has 0 spiro atoms. The highest BCUT2D eigenvalue weighted by atomic mass is 16.7. The molecule has 16 heteroatoms. The quantitative estimate of drug-likeness (QED) is 0.0762. The number of hydrogen-bond acceptors (Lipinski definition) is 15. The Bertz CT molecular complexity index is 861. The van der Waals surface area contributed by atoms with E-state index in [9.17, 15) is 40.5 Å². The van der Waals surface area contributed by atoms with Gasteiger partial charge in [-0.1, -0.05) is 45.4 Å². The Balaban J connectivity index is 1.57. The highest BCUT2D eigenvalue weighted by Gasteiger charge is 2.51. The predicted molar refractivity (Wildman–Crippen MR) is 154 cm³/mol. The maximum atomic E-state index is 12.4. The molecule has 15 atom stereocenters. The zero-order valence-corrected chi connectivity index (χ0v) is 25.3. The molecule has 2 heterocycles. The van der Waals surface area contributed by atoms with E-state index in [-0.39, 0.29) is 18.9 Å². The number of rotatable bonds is 15. The Hall–Kier alpha value is -1.09. The predicted octanol–water partition coefficient (Wildman–Crippen LogP) is -3.99. The van der Waals surface area contributed by atoms with E-state index in [0.29, 0.717) is 6.42 Å². The summed E-state index contributed by atoms with van der Waals surface area (Å²) in [6, 6.07) is -2.97. The molecule has 0 aromatic carbocycles. The fraction of sp³-hybridized carbons (Fsp3) is 0.964. The zero-order valence-electron chi connectivity index (χ0n) is 25.3. The van der Waals surface area contributed by atoms with Crippen molar-refractivity contribution in [3.63, 3.8) is 0 Å². The van der Waals surface area contributed by atoms with Crippen molar-refractivity contribution >= 4 is 5.91 Å². The molecule has 7 unspecified atom stereocenters. The lowest BCUT2D eigenvalue weighted by Crippen LogP contribution is -2.68. The van der Waals surface area contributed by atoms with E-state index in [2.05, 4.69) is 12.2 Å². The van der Waals surface area contributed by atoms with Gasteiger partial charge in [0, 0.05) is 25.0 Å². The Morgan fingerprint density at radius 2 is 1.27 bits per heavy atom. The molecular formula is C28H54N4O12. The van der Waals surface area contributed by atoms with Crippen molar-refractivity contribution in [3.8, 4) is 0 Å². The van der Waals surface area contributed by atoms with Crippen LogP contribution in [0.2, 0.25) is 0 Å². The number of nitrogens with two attached hydrogens (primary N) is 3. The van der Waals surface area contributed by atoms with E-state index in [1.165, 1.54) is 19.3 Å². The van der Waals surface area contributed by atoms with Crippen LogP contribution in [0.1, 0.15) is 64.7 Å². The smallest absolute Gasteiger partial charge is 0.220 e. The lowest BCUT2D eigenvalue weighted by Gasteiger charge is -2.48. The summed E-state index contributed by atoms with van der Waals surface area (Å²) in [7, 11) is 0. The van der Waals surface area contributed by atoms with Gasteiger partial charge < -0.3 is 77.2 Å². The van der Waals surface area contributed by atoms with Gasteiger partial charge in [-0.2, -0.15) is 0 Å². The summed E-state index contributed by atoms with van der Waals surface area (Å²) in [6.07, 6.45) is -9.47. The summed E-state index contributed by atoms with van der Waals surface area (Å²) in [5.74, 6) is -0.242. The van der Waals surface area contributed by atoms with Crippen molar-refractivity contribution < 1.29 is 59.5 Å². The van der Waals surface area contributed by atoms with E-state index in [4.69, 9.17) is 36.1 Å². The van der Waals surface area contributed by atoms with E-state index >= 15 is 0 Å². The monoisotopic (exact) mass is 638 g/mol. The summed E-state index contributed by atoms with van der Waals surface area (Å²) < 4.78 is 22.8. The minimum atomic E-state index is -1.73. The molecule has 0 bridgehead atoms. The summed E-state index contributed by atoms with van der Waals surface area (Å²) in [5.41, 5.74) is 18.3. The second-order valence-corrected chi connectivity index (χ2v) is 12.2. The van der Waals surface area contributed by atoms with Crippen molar-refractivity contribution in [2.45, 2.75) is 156 Å². The minimum absolute atomic E-state index is 0.0550. The van der Waals surface area contributed by atoms with Crippen molar-refractivity contribution in [1.29, 1.82) is 0 Å². The first-order valence-electron chi connectivity index (χ1n) is 15.8. The van der Waals surface area contributed by atoms with Gasteiger partial charge >= 0.3 is 0 Å². The maximum absolute atomic E-state index is 12.4. The van der Waals surface area contributed by atoms with Gasteiger partial charge in [0.2, 0.25) is 5.91 Å². The van der Waals surface area contributed by atoms with E-state index in [0.717, 1.165) is 25.7 Å². The van der Waals surface area contributed by atoms with Crippen LogP contribution >= 0.6 is 0 Å². The number of ether oxygens (including phenoxy) is 4. The number of unbranched alkanes of at least 4 members (excludes halogenated alkanes) is 6. The molecular weight excluding hydrogens is 584 g/mol. The third kappa shape index (κ3) is 9.48. The van der Waals surface area contributed by atoms with Crippen LogP contribution in [0.5, 0.6) is 0 Å². The van der Waals surface area contributed by atoms with Crippen molar-refractivity contribution in [3.05, 3.63) is 0 Å². The molecule has 1 aliphatic carbocycles. The molecule has 2 aliphatic heterocycles. The molecule has 0 aromatic heterocycles. The molecule has 0 radical (unpaired) electrons. The third-order valence-electron chi connectivity index (χ3n) is 8.76. The molecule has 14 N–H and O–H groups in total. The Kier molecular flexibility index (Phi) is 15.1. The Labute approximate surface area is 257 Å². The van der Waals surface area contributed by atoms with Gasteiger partial charge in [-0.3, -0.25) is 4.79 Å². The summed E-state index contributed by atoms with van der Waals surface area (Å²) in [4.78, 5) is 12.4. The van der Waals surface area contributed by atoms with Gasteiger partial charge in [0.05, 0.1) is 12.6 Å². The molecule has 3 fully saturated rings. The summed E-state index contributed by atoms with van der Waals surface area (Å²) >= 11 is 0. The zero-order chi connectivity index (χ0) is 32.6. The van der Waals surface area contributed by atoms with Gasteiger partial charge in [0.15, 0.2) is 12.6 Å². The lowest BCUT2D eigenvalue weighted by molar-refractivity contribution is -0.332. The molecule has 1 amide bonds. The van der Waals surface area contributed by atoms with Gasteiger partial charge in [0.25, 0.3) is 0 Å². The standard InChI is InChI=1S/C28H54N4O12/c1-2-3-4-5-6-7-8-9-17(34)32-11-15-20(36)22(38)23(39)28(41-15)44-26-14(30)10-13(29)25(24(26)40)43-27-21(37)18(31)19(35)16(12-33)42-27/h13-16,18-28,33,35-40H,2-12,29-31H2,1H3,(H,32,34)/t13?,14?,15?,16-,18-,19?,20-,21-,22+,23?,24-,25-,26?,27?,28-/m1/s1. The van der Waals surface area contributed by atoms with Gasteiger partial charge in [-0.15, -0.1) is 0 Å². The molecule has 3 rings (SSSR count). The van der Waals surface area contributed by atoms with Gasteiger partial charge in [-0.25, -0.2) is 0 Å². The minimum Gasteiger partial charge on any atom is -0.394 e. The lowest BCUT2D eigenvalue weighted by atomic mass is 9.84. The number of aliphatic hydroxyl groups is 7. The average Bonchev–Trinajstić information content (AvgIpc) is 2.99. The molecule has 16 nitrogen and oxygen atoms in total. The topological polar surface area (TPSA) is 286 Å². The average molecular weight is 639 g/mol. The normalized spacial score (nSPS) is 43.1. The number of amides is 1. The van der Waals surface area contributed by atoms with Crippen molar-refractivity contribution in [2.75, 3.05) is 13.2 Å². The number of aliphatic hydroxyl groups excluding tert-OH is 7. The Morgan fingerprint density at radius 1 is 0.727 bits per heavy atom. The Morgan fingerprint density at radius 3 is 1.86 bits per heavy atom. The SMILES string of the molecule is CCCCCCCCCC(=O)NCC1O[C@H](OC2C(N)CC(N)[C@@H](OC3O[C@H](CO)C(O)[C@@H](N)[C@H]3O)[C@H]2O)C(O)[C@@H](O)[C@@H]1O. The summed E-state index contributed by atoms with van der Waals surface area (Å²) in [5, 5.41) is 75.6. The molecule has 0 aromatic rings. The van der Waals surface area contributed by atoms with Crippen LogP contribution in [0.15, 0.2) is 0 Å². The van der Waals surface area contributed by atoms with Crippen molar-refractivity contribution in [1.82, 2.24) is 5.32 Å². The fourth-order valence-corrected chi connectivity index (χ4v) is 5.92. The van der Waals surface area contributed by atoms with Crippen LogP contribution in [-0.2, 0) is 23.7 Å². The first-order chi connectivity index (χ1) is 20.9. The number of nitrogens with one attached hydrogen (secondary N) is 1. The highest BCUT2D eigenvalue weighted by Crippen LogP contribution is 2.31. The number of hydrogen-bond donors (Lipinski definition) is 11. The third-order valence-corrected chi connectivity index (χ3v) is 8.76. The van der Waals surface area contributed by atoms with Crippen LogP contribution in [-0.4, -0.2) is 147 Å². The largest absolute Gasteiger partial charge is 0.394 e. The van der Waals surface area contributed by atoms with E-state index in [1.807, 2.05) is 0 Å². The second-order valence-electron chi connectivity index (χ2n) is 12.2. The molecule has 258 valence electrons. The maximum Gasteiger partial charge on any atom is 0.220 e. The van der Waals surface area contributed by atoms with Crippen LogP contribution < -0.4 is 22.5 Å². The van der Waals surface area contributed by atoms with Crippen LogP contribution in [0, 0.1) is 0 Å². The fourth-order valence-electron chi connectivity index (χ4n) is 5.92. The van der Waals surface area contributed by atoms with Crippen LogP contribution in [0.25, 0.3) is 0 Å². The first kappa shape index (κ1) is 37.4. The molecule has 1 saturated carbocycles. The first-order valence-corrected chi connectivity index (χ1v) is 15.8. The number of carbonyl (C=O) groups is 1. The van der Waals surface area contributed by atoms with Gasteiger partial charge in [-0.05, 0) is 12.8 Å². The van der Waals surface area contributed by atoms with E-state index in [1.54, 1.807) is 0 Å². The number of carbonyl (C=O) groups excluding carboxylic acids is 1. The molecule has 3 aliphatic rings. The molecule has 2 saturated heterocycles. The summed E-state index contributed by atoms with van der Waals surface area (Å²) in [6.45, 7) is 1.38. The van der Waals surface area contributed by atoms with Crippen LogP contribution in [0.4, 0.5) is 0 Å².